The molecule has 6 nitrogen and oxygen atoms in total. The summed E-state index contributed by atoms with van der Waals surface area (Å²) in [6.45, 7) is 8.58. The highest BCUT2D eigenvalue weighted by Gasteiger charge is 2.23. The van der Waals surface area contributed by atoms with E-state index >= 15 is 0 Å². The van der Waals surface area contributed by atoms with Crippen LogP contribution in [0.5, 0.6) is 0 Å². The summed E-state index contributed by atoms with van der Waals surface area (Å²) in [6.07, 6.45) is 0. The Kier molecular flexibility index (Phi) is 11.6. The minimum absolute atomic E-state index is 0. The Bertz CT molecular complexity index is 453. The van der Waals surface area contributed by atoms with E-state index in [9.17, 15) is 0 Å². The minimum atomic E-state index is 0. The molecule has 1 unspecified atom stereocenters. The molecule has 24 heavy (non-hydrogen) atoms. The third-order valence-corrected chi connectivity index (χ3v) is 4.76. The Morgan fingerprint density at radius 2 is 2.21 bits per heavy atom. The molecule has 1 aromatic heterocycles. The standard InChI is InChI=1S/C16H28N4O2S.HI/c1-3-21-9-6-18-16(17-2)19-13-14(15-5-4-12-23-15)20-7-10-22-11-8-20;/h4-5,12,14H,3,6-11,13H2,1-2H3,(H2,17,18,19);1H. The largest absolute Gasteiger partial charge is 0.380 e. The highest BCUT2D eigenvalue weighted by Crippen LogP contribution is 2.25. The van der Waals surface area contributed by atoms with Crippen LogP contribution in [-0.2, 0) is 9.47 Å². The van der Waals surface area contributed by atoms with Crippen LogP contribution in [0.2, 0.25) is 0 Å². The maximum absolute atomic E-state index is 5.48. The lowest BCUT2D eigenvalue weighted by Crippen LogP contribution is -2.46. The van der Waals surface area contributed by atoms with Crippen molar-refractivity contribution in [2.24, 2.45) is 4.99 Å². The summed E-state index contributed by atoms with van der Waals surface area (Å²) in [5, 5.41) is 8.86. The second-order valence-corrected chi connectivity index (χ2v) is 6.24. The maximum atomic E-state index is 5.48. The number of aliphatic imine (C=N–C) groups is 1. The van der Waals surface area contributed by atoms with Gasteiger partial charge in [0, 0.05) is 44.7 Å². The van der Waals surface area contributed by atoms with Crippen LogP contribution in [0, 0.1) is 0 Å². The number of ether oxygens (including phenoxy) is 2. The number of hydrogen-bond acceptors (Lipinski definition) is 5. The molecular weight excluding hydrogens is 439 g/mol. The lowest BCUT2D eigenvalue weighted by molar-refractivity contribution is 0.0177. The average Bonchev–Trinajstić information content (AvgIpc) is 3.12. The quantitative estimate of drug-likeness (QED) is 0.265. The first-order valence-corrected chi connectivity index (χ1v) is 9.10. The van der Waals surface area contributed by atoms with Gasteiger partial charge < -0.3 is 20.1 Å². The predicted octanol–water partition coefficient (Wildman–Crippen LogP) is 1.94. The van der Waals surface area contributed by atoms with Crippen molar-refractivity contribution in [3.63, 3.8) is 0 Å². The minimum Gasteiger partial charge on any atom is -0.380 e. The first kappa shape index (κ1) is 21.6. The van der Waals surface area contributed by atoms with Gasteiger partial charge in [-0.25, -0.2) is 0 Å². The fourth-order valence-electron chi connectivity index (χ4n) is 2.58. The highest BCUT2D eigenvalue weighted by molar-refractivity contribution is 14.0. The zero-order valence-corrected chi connectivity index (χ0v) is 17.6. The van der Waals surface area contributed by atoms with Crippen LogP contribution in [0.1, 0.15) is 17.8 Å². The molecule has 0 bridgehead atoms. The highest BCUT2D eigenvalue weighted by atomic mass is 127. The van der Waals surface area contributed by atoms with Crippen molar-refractivity contribution in [3.05, 3.63) is 22.4 Å². The molecule has 0 spiro atoms. The van der Waals surface area contributed by atoms with E-state index in [-0.39, 0.29) is 24.0 Å². The first-order valence-electron chi connectivity index (χ1n) is 8.22. The Balaban J connectivity index is 0.00000288. The smallest absolute Gasteiger partial charge is 0.191 e. The Hall–Kier alpha value is -0.420. The summed E-state index contributed by atoms with van der Waals surface area (Å²) in [5.74, 6) is 0.819. The summed E-state index contributed by atoms with van der Waals surface area (Å²) in [5.41, 5.74) is 0. The van der Waals surface area contributed by atoms with Crippen molar-refractivity contribution < 1.29 is 9.47 Å². The second-order valence-electron chi connectivity index (χ2n) is 5.26. The number of thiophene rings is 1. The molecule has 1 saturated heterocycles. The van der Waals surface area contributed by atoms with Crippen LogP contribution >= 0.6 is 35.3 Å². The Morgan fingerprint density at radius 1 is 1.42 bits per heavy atom. The summed E-state index contributed by atoms with van der Waals surface area (Å²) >= 11 is 1.81. The van der Waals surface area contributed by atoms with Crippen LogP contribution < -0.4 is 10.6 Å². The molecule has 0 amide bonds. The van der Waals surface area contributed by atoms with Crippen LogP contribution in [0.4, 0.5) is 0 Å². The first-order chi connectivity index (χ1) is 11.3. The van der Waals surface area contributed by atoms with Gasteiger partial charge in [0.15, 0.2) is 5.96 Å². The molecule has 2 N–H and O–H groups in total. The molecule has 0 aromatic carbocycles. The fraction of sp³-hybridized carbons (Fsp3) is 0.688. The van der Waals surface area contributed by atoms with Crippen LogP contribution in [-0.4, -0.2) is 70.5 Å². The zero-order valence-electron chi connectivity index (χ0n) is 14.5. The maximum Gasteiger partial charge on any atom is 0.191 e. The van der Waals surface area contributed by atoms with Crippen LogP contribution in [0.25, 0.3) is 0 Å². The van der Waals surface area contributed by atoms with E-state index in [4.69, 9.17) is 9.47 Å². The van der Waals surface area contributed by atoms with Crippen molar-refractivity contribution in [3.8, 4) is 0 Å². The molecule has 2 rings (SSSR count). The number of guanidine groups is 1. The number of nitrogens with one attached hydrogen (secondary N) is 2. The van der Waals surface area contributed by atoms with E-state index in [1.807, 2.05) is 6.92 Å². The number of halogens is 1. The van der Waals surface area contributed by atoms with Gasteiger partial charge in [0.2, 0.25) is 0 Å². The zero-order chi connectivity index (χ0) is 16.3. The van der Waals surface area contributed by atoms with Crippen LogP contribution in [0.3, 0.4) is 0 Å². The van der Waals surface area contributed by atoms with Crippen molar-refractivity contribution in [2.45, 2.75) is 13.0 Å². The van der Waals surface area contributed by atoms with E-state index < -0.39 is 0 Å². The summed E-state index contributed by atoms with van der Waals surface area (Å²) in [4.78, 5) is 8.14. The molecule has 138 valence electrons. The number of rotatable bonds is 8. The third-order valence-electron chi connectivity index (χ3n) is 3.79. The lowest BCUT2D eigenvalue weighted by atomic mass is 10.2. The van der Waals surface area contributed by atoms with Gasteiger partial charge in [-0.05, 0) is 18.4 Å². The number of morpholine rings is 1. The van der Waals surface area contributed by atoms with E-state index in [0.717, 1.165) is 52.0 Å². The van der Waals surface area contributed by atoms with Gasteiger partial charge in [0.05, 0.1) is 25.9 Å². The molecule has 0 aliphatic carbocycles. The van der Waals surface area contributed by atoms with E-state index in [1.165, 1.54) is 4.88 Å². The monoisotopic (exact) mass is 468 g/mol. The van der Waals surface area contributed by atoms with Gasteiger partial charge in [-0.1, -0.05) is 6.07 Å². The molecule has 1 atom stereocenters. The molecule has 0 radical (unpaired) electrons. The Labute approximate surface area is 166 Å². The van der Waals surface area contributed by atoms with Gasteiger partial charge in [-0.3, -0.25) is 9.89 Å². The second kappa shape index (κ2) is 12.9. The van der Waals surface area contributed by atoms with Crippen LogP contribution in [0.15, 0.2) is 22.5 Å². The lowest BCUT2D eigenvalue weighted by Gasteiger charge is -2.34. The van der Waals surface area contributed by atoms with Gasteiger partial charge in [-0.2, -0.15) is 0 Å². The van der Waals surface area contributed by atoms with E-state index in [1.54, 1.807) is 18.4 Å². The summed E-state index contributed by atoms with van der Waals surface area (Å²) < 4.78 is 10.8. The third kappa shape index (κ3) is 7.22. The SMILES string of the molecule is CCOCCNC(=NC)NCC(c1cccs1)N1CCOCC1.I. The average molecular weight is 468 g/mol. The van der Waals surface area contributed by atoms with E-state index in [2.05, 4.69) is 38.0 Å². The predicted molar refractivity (Wildman–Crippen MR) is 111 cm³/mol. The Morgan fingerprint density at radius 3 is 2.83 bits per heavy atom. The molecule has 0 saturated carbocycles. The van der Waals surface area contributed by atoms with Gasteiger partial charge in [-0.15, -0.1) is 35.3 Å². The van der Waals surface area contributed by atoms with Crippen molar-refractivity contribution in [1.82, 2.24) is 15.5 Å². The van der Waals surface area contributed by atoms with Gasteiger partial charge >= 0.3 is 0 Å². The topological polar surface area (TPSA) is 58.1 Å². The summed E-state index contributed by atoms with van der Waals surface area (Å²) in [6, 6.07) is 4.67. The van der Waals surface area contributed by atoms with Crippen molar-refractivity contribution >= 4 is 41.3 Å². The molecule has 1 aliphatic rings. The van der Waals surface area contributed by atoms with Crippen molar-refractivity contribution in [1.29, 1.82) is 0 Å². The fourth-order valence-corrected chi connectivity index (χ4v) is 3.44. The van der Waals surface area contributed by atoms with Gasteiger partial charge in [0.1, 0.15) is 0 Å². The van der Waals surface area contributed by atoms with Crippen molar-refractivity contribution in [2.75, 3.05) is 59.7 Å². The molecule has 2 heterocycles. The molecule has 1 aliphatic heterocycles. The summed E-state index contributed by atoms with van der Waals surface area (Å²) in [7, 11) is 1.80. The molecule has 1 fully saturated rings. The molecule has 8 heteroatoms. The van der Waals surface area contributed by atoms with Gasteiger partial charge in [0.25, 0.3) is 0 Å². The molecule has 1 aromatic rings. The normalized spacial score (nSPS) is 17.2. The van der Waals surface area contributed by atoms with E-state index in [0.29, 0.717) is 12.6 Å². The number of nitrogens with zero attached hydrogens (tertiary/aromatic N) is 2. The molecular formula is C16H29IN4O2S. The number of hydrogen-bond donors (Lipinski definition) is 2.